The van der Waals surface area contributed by atoms with Gasteiger partial charge in [-0.3, -0.25) is 0 Å². The molecule has 0 aliphatic heterocycles. The summed E-state index contributed by atoms with van der Waals surface area (Å²) in [6, 6.07) is 6.06. The molecule has 0 amide bonds. The monoisotopic (exact) mass is 238 g/mol. The highest BCUT2D eigenvalue weighted by molar-refractivity contribution is 9.10. The van der Waals surface area contributed by atoms with Gasteiger partial charge in [0.2, 0.25) is 0 Å². The van der Waals surface area contributed by atoms with E-state index in [2.05, 4.69) is 40.9 Å². The lowest BCUT2D eigenvalue weighted by atomic mass is 10.1. The molecule has 68 valence electrons. The lowest BCUT2D eigenvalue weighted by Gasteiger charge is -1.97. The Morgan fingerprint density at radius 3 is 2.77 bits per heavy atom. The van der Waals surface area contributed by atoms with Crippen LogP contribution in [0.5, 0.6) is 0 Å². The number of hydrogen-bond donors (Lipinski definition) is 0. The molecular weight excluding hydrogens is 228 g/mol. The van der Waals surface area contributed by atoms with E-state index in [1.165, 1.54) is 0 Å². The molecule has 0 bridgehead atoms. The van der Waals surface area contributed by atoms with Crippen LogP contribution in [0, 0.1) is 0 Å². The smallest absolute Gasteiger partial charge is 0.0806 e. The normalized spacial score (nSPS) is 11.4. The second-order valence-corrected chi connectivity index (χ2v) is 4.18. The Morgan fingerprint density at radius 2 is 2.15 bits per heavy atom. The third-order valence-electron chi connectivity index (χ3n) is 2.05. The minimum Gasteiger partial charge on any atom is -0.240 e. The third-order valence-corrected chi connectivity index (χ3v) is 2.86. The van der Waals surface area contributed by atoms with Gasteiger partial charge in [-0.05, 0) is 34.0 Å². The lowest BCUT2D eigenvalue weighted by molar-refractivity contribution is 0.785. The van der Waals surface area contributed by atoms with Crippen LogP contribution < -0.4 is 0 Å². The van der Waals surface area contributed by atoms with Gasteiger partial charge in [-0.1, -0.05) is 19.9 Å². The standard InChI is InChI=1S/C10H11BrN2/c1-7(2)10-9(11)8-5-3-4-6-13(8)12-10/h3-7H,1-2H3. The van der Waals surface area contributed by atoms with Gasteiger partial charge in [0.05, 0.1) is 15.7 Å². The largest absolute Gasteiger partial charge is 0.240 e. The van der Waals surface area contributed by atoms with E-state index in [9.17, 15) is 0 Å². The average Bonchev–Trinajstić information content (AvgIpc) is 2.45. The van der Waals surface area contributed by atoms with Crippen molar-refractivity contribution in [3.8, 4) is 0 Å². The molecule has 2 aromatic rings. The molecule has 0 saturated heterocycles. The number of nitrogens with zero attached hydrogens (tertiary/aromatic N) is 2. The van der Waals surface area contributed by atoms with Gasteiger partial charge in [0.25, 0.3) is 0 Å². The van der Waals surface area contributed by atoms with E-state index >= 15 is 0 Å². The van der Waals surface area contributed by atoms with Gasteiger partial charge in [0, 0.05) is 6.20 Å². The Bertz CT molecular complexity index is 431. The summed E-state index contributed by atoms with van der Waals surface area (Å²) in [5.41, 5.74) is 2.25. The average molecular weight is 239 g/mol. The first-order valence-electron chi connectivity index (χ1n) is 4.33. The number of rotatable bonds is 1. The van der Waals surface area contributed by atoms with Crippen LogP contribution in [0.1, 0.15) is 25.5 Å². The van der Waals surface area contributed by atoms with Crippen molar-refractivity contribution in [1.29, 1.82) is 0 Å². The van der Waals surface area contributed by atoms with Crippen LogP contribution in [0.25, 0.3) is 5.52 Å². The molecule has 0 saturated carbocycles. The number of fused-ring (bicyclic) bond motifs is 1. The highest BCUT2D eigenvalue weighted by Crippen LogP contribution is 2.27. The fraction of sp³-hybridized carbons (Fsp3) is 0.300. The fourth-order valence-electron chi connectivity index (χ4n) is 1.36. The predicted octanol–water partition coefficient (Wildman–Crippen LogP) is 3.22. The highest BCUT2D eigenvalue weighted by atomic mass is 79.9. The molecule has 0 radical (unpaired) electrons. The Labute approximate surface area is 85.7 Å². The summed E-state index contributed by atoms with van der Waals surface area (Å²) in [6.45, 7) is 4.29. The zero-order valence-electron chi connectivity index (χ0n) is 7.66. The van der Waals surface area contributed by atoms with Crippen molar-refractivity contribution in [2.45, 2.75) is 19.8 Å². The first-order chi connectivity index (χ1) is 6.20. The van der Waals surface area contributed by atoms with Crippen LogP contribution in [0.3, 0.4) is 0 Å². The molecule has 0 aliphatic carbocycles. The fourth-order valence-corrected chi connectivity index (χ4v) is 2.21. The van der Waals surface area contributed by atoms with E-state index in [4.69, 9.17) is 0 Å². The maximum Gasteiger partial charge on any atom is 0.0806 e. The summed E-state index contributed by atoms with van der Waals surface area (Å²) in [5.74, 6) is 0.453. The van der Waals surface area contributed by atoms with E-state index in [1.807, 2.05) is 22.8 Å². The van der Waals surface area contributed by atoms with Crippen LogP contribution >= 0.6 is 15.9 Å². The predicted molar refractivity (Wildman–Crippen MR) is 57.0 cm³/mol. The van der Waals surface area contributed by atoms with E-state index in [0.717, 1.165) is 15.7 Å². The van der Waals surface area contributed by atoms with E-state index in [0.29, 0.717) is 5.92 Å². The Hall–Kier alpha value is -0.830. The molecule has 0 aromatic carbocycles. The van der Waals surface area contributed by atoms with Crippen molar-refractivity contribution in [2.75, 3.05) is 0 Å². The summed E-state index contributed by atoms with van der Waals surface area (Å²) >= 11 is 3.57. The summed E-state index contributed by atoms with van der Waals surface area (Å²) in [4.78, 5) is 0. The lowest BCUT2D eigenvalue weighted by Crippen LogP contribution is -1.90. The van der Waals surface area contributed by atoms with Crippen LogP contribution in [0.2, 0.25) is 0 Å². The zero-order valence-corrected chi connectivity index (χ0v) is 9.25. The molecule has 0 spiro atoms. The van der Waals surface area contributed by atoms with Gasteiger partial charge < -0.3 is 0 Å². The zero-order chi connectivity index (χ0) is 9.42. The van der Waals surface area contributed by atoms with E-state index in [1.54, 1.807) is 0 Å². The maximum atomic E-state index is 4.48. The molecule has 2 heterocycles. The molecule has 0 aliphatic rings. The number of aromatic nitrogens is 2. The van der Waals surface area contributed by atoms with Gasteiger partial charge in [-0.2, -0.15) is 5.10 Å². The van der Waals surface area contributed by atoms with Crippen LogP contribution in [0.4, 0.5) is 0 Å². The van der Waals surface area contributed by atoms with Crippen molar-refractivity contribution in [3.05, 3.63) is 34.6 Å². The molecule has 3 heteroatoms. The van der Waals surface area contributed by atoms with Crippen molar-refractivity contribution in [2.24, 2.45) is 0 Å². The minimum absolute atomic E-state index is 0.453. The molecular formula is C10H11BrN2. The quantitative estimate of drug-likeness (QED) is 0.746. The molecule has 13 heavy (non-hydrogen) atoms. The summed E-state index contributed by atoms with van der Waals surface area (Å²) in [7, 11) is 0. The van der Waals surface area contributed by atoms with Crippen molar-refractivity contribution in [3.63, 3.8) is 0 Å². The molecule has 2 rings (SSSR count). The first kappa shape index (κ1) is 8.75. The number of pyridine rings is 1. The minimum atomic E-state index is 0.453. The summed E-state index contributed by atoms with van der Waals surface area (Å²) < 4.78 is 3.02. The summed E-state index contributed by atoms with van der Waals surface area (Å²) in [5, 5.41) is 4.48. The second-order valence-electron chi connectivity index (χ2n) is 3.38. The molecule has 0 atom stereocenters. The first-order valence-corrected chi connectivity index (χ1v) is 5.12. The van der Waals surface area contributed by atoms with Crippen molar-refractivity contribution in [1.82, 2.24) is 9.61 Å². The summed E-state index contributed by atoms with van der Waals surface area (Å²) in [6.07, 6.45) is 1.96. The Balaban J connectivity index is 2.74. The topological polar surface area (TPSA) is 17.3 Å². The van der Waals surface area contributed by atoms with Gasteiger partial charge in [0.1, 0.15) is 0 Å². The number of halogens is 1. The molecule has 2 aromatic heterocycles. The molecule has 0 N–H and O–H groups in total. The third kappa shape index (κ3) is 1.37. The van der Waals surface area contributed by atoms with Gasteiger partial charge in [0.15, 0.2) is 0 Å². The van der Waals surface area contributed by atoms with Gasteiger partial charge >= 0.3 is 0 Å². The molecule has 0 unspecified atom stereocenters. The van der Waals surface area contributed by atoms with Crippen LogP contribution in [-0.4, -0.2) is 9.61 Å². The highest BCUT2D eigenvalue weighted by Gasteiger charge is 2.11. The maximum absolute atomic E-state index is 4.48. The Morgan fingerprint density at radius 1 is 1.38 bits per heavy atom. The SMILES string of the molecule is CC(C)c1nn2ccccc2c1Br. The Kier molecular flexibility index (Phi) is 2.12. The van der Waals surface area contributed by atoms with Gasteiger partial charge in [-0.15, -0.1) is 0 Å². The molecule has 2 nitrogen and oxygen atoms in total. The van der Waals surface area contributed by atoms with Gasteiger partial charge in [-0.25, -0.2) is 4.52 Å². The van der Waals surface area contributed by atoms with Crippen molar-refractivity contribution >= 4 is 21.4 Å². The second kappa shape index (κ2) is 3.14. The van der Waals surface area contributed by atoms with E-state index in [-0.39, 0.29) is 0 Å². The van der Waals surface area contributed by atoms with Crippen LogP contribution in [-0.2, 0) is 0 Å². The molecule has 0 fully saturated rings. The van der Waals surface area contributed by atoms with Crippen molar-refractivity contribution < 1.29 is 0 Å². The van der Waals surface area contributed by atoms with E-state index < -0.39 is 0 Å². The number of hydrogen-bond acceptors (Lipinski definition) is 1. The van der Waals surface area contributed by atoms with Crippen LogP contribution in [0.15, 0.2) is 28.9 Å².